The molecule has 2 aliphatic heterocycles. The summed E-state index contributed by atoms with van der Waals surface area (Å²) in [7, 11) is 4.15. The van der Waals surface area contributed by atoms with Crippen LogP contribution in [0.4, 0.5) is 11.6 Å². The molecule has 2 bridgehead atoms. The fraction of sp³-hybridized carbons (Fsp3) is 0.714. The van der Waals surface area contributed by atoms with Crippen LogP contribution in [0.15, 0.2) is 12.4 Å². The molecule has 2 N–H and O–H groups in total. The van der Waals surface area contributed by atoms with Gasteiger partial charge in [0.2, 0.25) is 0 Å². The molecule has 0 aromatic carbocycles. The highest BCUT2D eigenvalue weighted by atomic mass is 15.2. The fourth-order valence-corrected chi connectivity index (χ4v) is 3.50. The molecule has 5 nitrogen and oxygen atoms in total. The van der Waals surface area contributed by atoms with Crippen molar-refractivity contribution in [3.8, 4) is 0 Å². The summed E-state index contributed by atoms with van der Waals surface area (Å²) in [4.78, 5) is 11.3. The predicted octanol–water partition coefficient (Wildman–Crippen LogP) is 1.95. The Kier molecular flexibility index (Phi) is 3.55. The van der Waals surface area contributed by atoms with Gasteiger partial charge in [-0.05, 0) is 32.7 Å². The van der Waals surface area contributed by atoms with Gasteiger partial charge in [0.25, 0.3) is 0 Å². The molecular weight excluding hydrogens is 238 g/mol. The fourth-order valence-electron chi connectivity index (χ4n) is 3.50. The Morgan fingerprint density at radius 1 is 1.16 bits per heavy atom. The van der Waals surface area contributed by atoms with E-state index in [1.807, 2.05) is 13.2 Å². The van der Waals surface area contributed by atoms with Crippen molar-refractivity contribution in [1.82, 2.24) is 14.9 Å². The van der Waals surface area contributed by atoms with E-state index in [4.69, 9.17) is 0 Å². The summed E-state index contributed by atoms with van der Waals surface area (Å²) in [6.45, 7) is 0. The van der Waals surface area contributed by atoms with Crippen LogP contribution in [0, 0.1) is 0 Å². The lowest BCUT2D eigenvalue weighted by Gasteiger charge is -2.47. The highest BCUT2D eigenvalue weighted by Gasteiger charge is 2.35. The minimum absolute atomic E-state index is 0.535. The molecule has 0 aliphatic carbocycles. The summed E-state index contributed by atoms with van der Waals surface area (Å²) in [6, 6.07) is 2.02. The normalized spacial score (nSPS) is 30.9. The Hall–Kier alpha value is -1.36. The van der Waals surface area contributed by atoms with E-state index in [1.165, 1.54) is 32.1 Å². The highest BCUT2D eigenvalue weighted by Crippen LogP contribution is 2.33. The van der Waals surface area contributed by atoms with E-state index in [0.717, 1.165) is 23.7 Å². The Morgan fingerprint density at radius 3 is 2.53 bits per heavy atom. The van der Waals surface area contributed by atoms with Gasteiger partial charge < -0.3 is 15.5 Å². The van der Waals surface area contributed by atoms with Gasteiger partial charge in [0, 0.05) is 25.2 Å². The molecule has 5 heteroatoms. The van der Waals surface area contributed by atoms with Gasteiger partial charge in [0.15, 0.2) is 0 Å². The lowest BCUT2D eigenvalue weighted by Crippen LogP contribution is -2.52. The van der Waals surface area contributed by atoms with E-state index in [0.29, 0.717) is 6.04 Å². The van der Waals surface area contributed by atoms with Crippen LogP contribution < -0.4 is 10.6 Å². The van der Waals surface area contributed by atoms with Crippen LogP contribution in [0.25, 0.3) is 0 Å². The zero-order valence-electron chi connectivity index (χ0n) is 11.8. The van der Waals surface area contributed by atoms with E-state index in [1.54, 1.807) is 6.20 Å². The smallest absolute Gasteiger partial charge is 0.147 e. The molecule has 0 radical (unpaired) electrons. The van der Waals surface area contributed by atoms with Crippen LogP contribution in [0.2, 0.25) is 0 Å². The third-order valence-electron chi connectivity index (χ3n) is 4.58. The second-order valence-corrected chi connectivity index (χ2v) is 5.76. The first-order chi connectivity index (χ1) is 9.26. The van der Waals surface area contributed by atoms with Gasteiger partial charge in [0.1, 0.15) is 11.6 Å². The number of hydrogen-bond acceptors (Lipinski definition) is 5. The van der Waals surface area contributed by atoms with Gasteiger partial charge in [-0.1, -0.05) is 6.42 Å². The van der Waals surface area contributed by atoms with Gasteiger partial charge in [0.05, 0.1) is 12.4 Å². The minimum Gasteiger partial charge on any atom is -0.372 e. The maximum atomic E-state index is 4.50. The molecule has 2 fully saturated rings. The molecule has 2 atom stereocenters. The number of anilines is 2. The standard InChI is InChI=1S/C14H23N5/c1-15-13-8-16-9-14(18-13)17-10-6-11-4-3-5-12(7-10)19(11)2/h8-12H,3-7H2,1-2H3,(H2,15,17,18). The summed E-state index contributed by atoms with van der Waals surface area (Å²) in [5.41, 5.74) is 0. The SMILES string of the molecule is CNc1cncc(NC2CC3CCCC(C2)N3C)n1. The van der Waals surface area contributed by atoms with Crippen LogP contribution in [0.1, 0.15) is 32.1 Å². The van der Waals surface area contributed by atoms with E-state index in [-0.39, 0.29) is 0 Å². The van der Waals surface area contributed by atoms with E-state index in [2.05, 4.69) is 32.5 Å². The van der Waals surface area contributed by atoms with Crippen LogP contribution in [-0.2, 0) is 0 Å². The second kappa shape index (κ2) is 5.33. The number of fused-ring (bicyclic) bond motifs is 2. The average Bonchev–Trinajstić information content (AvgIpc) is 2.40. The van der Waals surface area contributed by atoms with Gasteiger partial charge >= 0.3 is 0 Å². The molecule has 0 spiro atoms. The number of nitrogens with zero attached hydrogens (tertiary/aromatic N) is 3. The monoisotopic (exact) mass is 261 g/mol. The maximum Gasteiger partial charge on any atom is 0.147 e. The van der Waals surface area contributed by atoms with Crippen molar-refractivity contribution in [2.24, 2.45) is 0 Å². The van der Waals surface area contributed by atoms with Crippen LogP contribution in [-0.4, -0.2) is 47.1 Å². The van der Waals surface area contributed by atoms with Gasteiger partial charge in [-0.15, -0.1) is 0 Å². The molecule has 104 valence electrons. The first kappa shape index (κ1) is 12.7. The molecule has 3 rings (SSSR count). The van der Waals surface area contributed by atoms with Gasteiger partial charge in [-0.3, -0.25) is 4.98 Å². The van der Waals surface area contributed by atoms with Crippen molar-refractivity contribution < 1.29 is 0 Å². The van der Waals surface area contributed by atoms with Crippen LogP contribution in [0.5, 0.6) is 0 Å². The van der Waals surface area contributed by atoms with E-state index >= 15 is 0 Å². The van der Waals surface area contributed by atoms with Crippen molar-refractivity contribution in [3.63, 3.8) is 0 Å². The number of nitrogens with one attached hydrogen (secondary N) is 2. The Balaban J connectivity index is 1.67. The topological polar surface area (TPSA) is 53.1 Å². The largest absolute Gasteiger partial charge is 0.372 e. The molecule has 1 aromatic rings. The number of rotatable bonds is 3. The third kappa shape index (κ3) is 2.66. The summed E-state index contributed by atoms with van der Waals surface area (Å²) in [5, 5.41) is 6.59. The molecule has 1 aromatic heterocycles. The van der Waals surface area contributed by atoms with Gasteiger partial charge in [-0.25, -0.2) is 4.98 Å². The molecule has 19 heavy (non-hydrogen) atoms. The number of piperidine rings is 2. The average molecular weight is 261 g/mol. The summed E-state index contributed by atoms with van der Waals surface area (Å²) < 4.78 is 0. The molecule has 2 unspecified atom stereocenters. The Bertz CT molecular complexity index is 422. The lowest BCUT2D eigenvalue weighted by molar-refractivity contribution is 0.0608. The first-order valence-corrected chi connectivity index (χ1v) is 7.24. The van der Waals surface area contributed by atoms with Crippen LogP contribution >= 0.6 is 0 Å². The quantitative estimate of drug-likeness (QED) is 0.871. The minimum atomic E-state index is 0.535. The van der Waals surface area contributed by atoms with E-state index < -0.39 is 0 Å². The Morgan fingerprint density at radius 2 is 1.84 bits per heavy atom. The predicted molar refractivity (Wildman–Crippen MR) is 77.4 cm³/mol. The summed E-state index contributed by atoms with van der Waals surface area (Å²) in [6.07, 6.45) is 10.1. The molecule has 3 heterocycles. The third-order valence-corrected chi connectivity index (χ3v) is 4.58. The zero-order valence-corrected chi connectivity index (χ0v) is 11.8. The van der Waals surface area contributed by atoms with Crippen molar-refractivity contribution in [1.29, 1.82) is 0 Å². The maximum absolute atomic E-state index is 4.50. The number of aromatic nitrogens is 2. The van der Waals surface area contributed by atoms with Crippen molar-refractivity contribution in [3.05, 3.63) is 12.4 Å². The van der Waals surface area contributed by atoms with E-state index in [9.17, 15) is 0 Å². The molecule has 0 saturated carbocycles. The summed E-state index contributed by atoms with van der Waals surface area (Å²) >= 11 is 0. The highest BCUT2D eigenvalue weighted by molar-refractivity contribution is 5.41. The molecule has 2 saturated heterocycles. The van der Waals surface area contributed by atoms with Crippen LogP contribution in [0.3, 0.4) is 0 Å². The molecule has 0 amide bonds. The lowest BCUT2D eigenvalue weighted by atomic mass is 9.82. The Labute approximate surface area is 114 Å². The molecule has 2 aliphatic rings. The zero-order chi connectivity index (χ0) is 13.2. The second-order valence-electron chi connectivity index (χ2n) is 5.76. The summed E-state index contributed by atoms with van der Waals surface area (Å²) in [5.74, 6) is 1.71. The molecular formula is C14H23N5. The van der Waals surface area contributed by atoms with Crippen molar-refractivity contribution in [2.45, 2.75) is 50.2 Å². The number of hydrogen-bond donors (Lipinski definition) is 2. The van der Waals surface area contributed by atoms with Gasteiger partial charge in [-0.2, -0.15) is 0 Å². The van der Waals surface area contributed by atoms with Crippen molar-refractivity contribution in [2.75, 3.05) is 24.7 Å². The first-order valence-electron chi connectivity index (χ1n) is 7.24. The van der Waals surface area contributed by atoms with Crippen molar-refractivity contribution >= 4 is 11.6 Å².